The number of sulfonamides is 1. The first kappa shape index (κ1) is 26.2. The fourth-order valence-electron chi connectivity index (χ4n) is 3.02. The van der Waals surface area contributed by atoms with E-state index in [0.717, 1.165) is 15.4 Å². The van der Waals surface area contributed by atoms with Crippen LogP contribution in [0.5, 0.6) is 5.75 Å². The van der Waals surface area contributed by atoms with Gasteiger partial charge >= 0.3 is 0 Å². The Morgan fingerprint density at radius 1 is 0.941 bits per heavy atom. The van der Waals surface area contributed by atoms with E-state index in [1.54, 1.807) is 30.3 Å². The first-order valence-corrected chi connectivity index (χ1v) is 12.9. The highest BCUT2D eigenvalue weighted by molar-refractivity contribution is 7.92. The third-order valence-electron chi connectivity index (χ3n) is 4.91. The summed E-state index contributed by atoms with van der Waals surface area (Å²) < 4.78 is 33.4. The van der Waals surface area contributed by atoms with Crippen LogP contribution >= 0.6 is 34.8 Å². The summed E-state index contributed by atoms with van der Waals surface area (Å²) in [6, 6.07) is 16.1. The van der Waals surface area contributed by atoms with Gasteiger partial charge in [0.2, 0.25) is 5.91 Å². The number of halogens is 3. The number of nitrogens with one attached hydrogen (secondary N) is 1. The largest absolute Gasteiger partial charge is 0.492 e. The Morgan fingerprint density at radius 2 is 1.65 bits per heavy atom. The van der Waals surface area contributed by atoms with E-state index < -0.39 is 22.5 Å². The minimum atomic E-state index is -4.10. The van der Waals surface area contributed by atoms with Gasteiger partial charge in [-0.25, -0.2) is 8.42 Å². The summed E-state index contributed by atoms with van der Waals surface area (Å²) in [4.78, 5) is 12.7. The Kier molecular flexibility index (Phi) is 8.71. The Bertz CT molecular complexity index is 1280. The number of carbonyl (C=O) groups excluding carboxylic acids is 1. The van der Waals surface area contributed by atoms with Gasteiger partial charge in [-0.1, -0.05) is 58.6 Å². The highest BCUT2D eigenvalue weighted by Crippen LogP contribution is 2.33. The lowest BCUT2D eigenvalue weighted by atomic mass is 10.2. The molecule has 3 aromatic rings. The maximum absolute atomic E-state index is 13.4. The highest BCUT2D eigenvalue weighted by Gasteiger charge is 2.29. The van der Waals surface area contributed by atoms with Crippen LogP contribution in [0.3, 0.4) is 0 Å². The first-order chi connectivity index (χ1) is 16.1. The van der Waals surface area contributed by atoms with E-state index in [0.29, 0.717) is 10.8 Å². The van der Waals surface area contributed by atoms with E-state index in [1.807, 2.05) is 19.9 Å². The van der Waals surface area contributed by atoms with Gasteiger partial charge in [-0.2, -0.15) is 0 Å². The topological polar surface area (TPSA) is 75.7 Å². The van der Waals surface area contributed by atoms with Gasteiger partial charge in [0.1, 0.15) is 18.9 Å². The molecule has 1 N–H and O–H groups in total. The molecule has 34 heavy (non-hydrogen) atoms. The average molecular weight is 542 g/mol. The number of nitrogens with zero attached hydrogens (tertiary/aromatic N) is 1. The summed E-state index contributed by atoms with van der Waals surface area (Å²) in [5, 5.41) is 3.68. The minimum absolute atomic E-state index is 0.0292. The number of anilines is 1. The SMILES string of the molecule is Cc1ccc(S(=O)(=O)N(CC(=O)NCCOc2ccc(C)c(Cl)c2)c2cc(Cl)ccc2Cl)cc1. The zero-order valence-corrected chi connectivity index (χ0v) is 21.6. The molecule has 0 aliphatic carbocycles. The van der Waals surface area contributed by atoms with Gasteiger partial charge in [0.05, 0.1) is 22.2 Å². The number of amides is 1. The molecule has 0 saturated heterocycles. The van der Waals surface area contributed by atoms with Crippen LogP contribution < -0.4 is 14.4 Å². The third kappa shape index (κ3) is 6.57. The van der Waals surface area contributed by atoms with E-state index in [2.05, 4.69) is 5.32 Å². The monoisotopic (exact) mass is 540 g/mol. The van der Waals surface area contributed by atoms with Crippen molar-refractivity contribution in [2.45, 2.75) is 18.7 Å². The molecular formula is C24H23Cl3N2O4S. The zero-order chi connectivity index (χ0) is 24.9. The molecule has 0 aliphatic rings. The van der Waals surface area contributed by atoms with Crippen molar-refractivity contribution < 1.29 is 17.9 Å². The smallest absolute Gasteiger partial charge is 0.264 e. The van der Waals surface area contributed by atoms with E-state index in [1.165, 1.54) is 24.3 Å². The summed E-state index contributed by atoms with van der Waals surface area (Å²) in [5.41, 5.74) is 1.94. The lowest BCUT2D eigenvalue weighted by Gasteiger charge is -2.25. The van der Waals surface area contributed by atoms with E-state index >= 15 is 0 Å². The van der Waals surface area contributed by atoms with Crippen molar-refractivity contribution >= 4 is 56.4 Å². The van der Waals surface area contributed by atoms with Gasteiger partial charge in [0.25, 0.3) is 10.0 Å². The summed E-state index contributed by atoms with van der Waals surface area (Å²) in [6.07, 6.45) is 0. The number of hydrogen-bond donors (Lipinski definition) is 1. The van der Waals surface area contributed by atoms with Crippen molar-refractivity contribution in [1.29, 1.82) is 0 Å². The maximum atomic E-state index is 13.4. The second-order valence-electron chi connectivity index (χ2n) is 7.53. The molecule has 0 aliphatic heterocycles. The Labute approximate surface area is 214 Å². The van der Waals surface area contributed by atoms with Gasteiger partial charge in [-0.3, -0.25) is 9.10 Å². The van der Waals surface area contributed by atoms with E-state index in [4.69, 9.17) is 39.5 Å². The first-order valence-electron chi connectivity index (χ1n) is 10.3. The molecule has 0 bridgehead atoms. The number of carbonyl (C=O) groups is 1. The molecule has 3 aromatic carbocycles. The van der Waals surface area contributed by atoms with Gasteiger partial charge in [-0.15, -0.1) is 0 Å². The van der Waals surface area contributed by atoms with Crippen LogP contribution in [0.25, 0.3) is 0 Å². The second-order valence-corrected chi connectivity index (χ2v) is 10.6. The van der Waals surface area contributed by atoms with Crippen molar-refractivity contribution in [2.75, 3.05) is 24.0 Å². The molecule has 0 atom stereocenters. The lowest BCUT2D eigenvalue weighted by molar-refractivity contribution is -0.119. The number of benzene rings is 3. The third-order valence-corrected chi connectivity index (χ3v) is 7.65. The summed E-state index contributed by atoms with van der Waals surface area (Å²) in [7, 11) is -4.10. The van der Waals surface area contributed by atoms with Gasteiger partial charge < -0.3 is 10.1 Å². The molecule has 0 radical (unpaired) electrons. The van der Waals surface area contributed by atoms with Gasteiger partial charge in [0, 0.05) is 10.0 Å². The van der Waals surface area contributed by atoms with Crippen LogP contribution in [0.4, 0.5) is 5.69 Å². The lowest BCUT2D eigenvalue weighted by Crippen LogP contribution is -2.42. The van der Waals surface area contributed by atoms with Crippen molar-refractivity contribution in [3.8, 4) is 5.75 Å². The van der Waals surface area contributed by atoms with Crippen molar-refractivity contribution in [2.24, 2.45) is 0 Å². The molecule has 6 nitrogen and oxygen atoms in total. The standard InChI is InChI=1S/C24H23Cl3N2O4S/c1-16-3-8-20(9-4-16)34(31,32)29(23-13-18(25)6-10-21(23)26)15-24(30)28-11-12-33-19-7-5-17(2)22(27)14-19/h3-10,13-14H,11-12,15H2,1-2H3,(H,28,30). The highest BCUT2D eigenvalue weighted by atomic mass is 35.5. The van der Waals surface area contributed by atoms with Crippen molar-refractivity contribution in [1.82, 2.24) is 5.32 Å². The molecule has 0 fully saturated rings. The van der Waals surface area contributed by atoms with Crippen molar-refractivity contribution in [3.05, 3.63) is 86.9 Å². The van der Waals surface area contributed by atoms with Crippen LogP contribution in [0, 0.1) is 13.8 Å². The maximum Gasteiger partial charge on any atom is 0.264 e. The Morgan fingerprint density at radius 3 is 2.32 bits per heavy atom. The number of rotatable bonds is 9. The fourth-order valence-corrected chi connectivity index (χ4v) is 5.06. The molecule has 180 valence electrons. The molecule has 10 heteroatoms. The number of aryl methyl sites for hydroxylation is 2. The summed E-state index contributed by atoms with van der Waals surface area (Å²) >= 11 is 18.5. The molecule has 0 unspecified atom stereocenters. The number of hydrogen-bond acceptors (Lipinski definition) is 4. The van der Waals surface area contributed by atoms with E-state index in [9.17, 15) is 13.2 Å². The molecule has 0 saturated carbocycles. The quantitative estimate of drug-likeness (QED) is 0.355. The summed E-state index contributed by atoms with van der Waals surface area (Å²) in [5.74, 6) is 0.0383. The zero-order valence-electron chi connectivity index (χ0n) is 18.5. The average Bonchev–Trinajstić information content (AvgIpc) is 2.79. The normalized spacial score (nSPS) is 11.2. The predicted molar refractivity (Wildman–Crippen MR) is 137 cm³/mol. The van der Waals surface area contributed by atoms with Crippen LogP contribution in [0.15, 0.2) is 65.6 Å². The minimum Gasteiger partial charge on any atom is -0.492 e. The second kappa shape index (κ2) is 11.3. The number of ether oxygens (including phenoxy) is 1. The Hall–Kier alpha value is -2.45. The van der Waals surface area contributed by atoms with Crippen LogP contribution in [0.2, 0.25) is 15.1 Å². The molecule has 0 heterocycles. The fraction of sp³-hybridized carbons (Fsp3) is 0.208. The summed E-state index contributed by atoms with van der Waals surface area (Å²) in [6.45, 7) is 3.57. The van der Waals surface area contributed by atoms with E-state index in [-0.39, 0.29) is 33.8 Å². The van der Waals surface area contributed by atoms with Crippen LogP contribution in [-0.2, 0) is 14.8 Å². The predicted octanol–water partition coefficient (Wildman–Crippen LogP) is 5.65. The Balaban J connectivity index is 1.74. The molecule has 0 aromatic heterocycles. The van der Waals surface area contributed by atoms with Gasteiger partial charge in [0.15, 0.2) is 0 Å². The van der Waals surface area contributed by atoms with Gasteiger partial charge in [-0.05, 0) is 61.9 Å². The molecular weight excluding hydrogens is 519 g/mol. The van der Waals surface area contributed by atoms with Crippen LogP contribution in [-0.4, -0.2) is 34.0 Å². The molecule has 0 spiro atoms. The molecule has 1 amide bonds. The molecule has 3 rings (SSSR count). The van der Waals surface area contributed by atoms with Crippen LogP contribution in [0.1, 0.15) is 11.1 Å². The van der Waals surface area contributed by atoms with Crippen molar-refractivity contribution in [3.63, 3.8) is 0 Å².